The van der Waals surface area contributed by atoms with E-state index in [0.29, 0.717) is 5.46 Å². The van der Waals surface area contributed by atoms with E-state index in [4.69, 9.17) is 0 Å². The summed E-state index contributed by atoms with van der Waals surface area (Å²) in [5.74, 6) is 0. The van der Waals surface area contributed by atoms with Crippen LogP contribution in [-0.4, -0.2) is 17.2 Å². The van der Waals surface area contributed by atoms with Gasteiger partial charge in [0.05, 0.1) is 0 Å². The van der Waals surface area contributed by atoms with Gasteiger partial charge in [-0.25, -0.2) is 0 Å². The molecule has 3 heteroatoms. The van der Waals surface area contributed by atoms with Crippen molar-refractivity contribution in [2.24, 2.45) is 0 Å². The summed E-state index contributed by atoms with van der Waals surface area (Å²) < 4.78 is 0. The van der Waals surface area contributed by atoms with Gasteiger partial charge in [-0.3, -0.25) is 0 Å². The molecule has 0 spiro atoms. The summed E-state index contributed by atoms with van der Waals surface area (Å²) >= 11 is 0. The molecule has 1 aliphatic rings. The van der Waals surface area contributed by atoms with Gasteiger partial charge in [0.25, 0.3) is 0 Å². The van der Waals surface area contributed by atoms with Gasteiger partial charge in [-0.1, -0.05) is 42.5 Å². The summed E-state index contributed by atoms with van der Waals surface area (Å²) in [6.45, 7) is 0. The van der Waals surface area contributed by atoms with Crippen LogP contribution in [0.5, 0.6) is 0 Å². The molecule has 0 aromatic heterocycles. The third-order valence-electron chi connectivity index (χ3n) is 4.12. The molecule has 4 rings (SSSR count). The molecule has 0 bridgehead atoms. The normalized spacial score (nSPS) is 13.8. The van der Waals surface area contributed by atoms with Gasteiger partial charge in [-0.2, -0.15) is 0 Å². The van der Waals surface area contributed by atoms with E-state index in [2.05, 4.69) is 24.3 Å². The van der Waals surface area contributed by atoms with Crippen molar-refractivity contribution in [3.8, 4) is 0 Å². The number of hydrogen-bond donors (Lipinski definition) is 2. The van der Waals surface area contributed by atoms with Crippen LogP contribution in [0.4, 0.5) is 0 Å². The SMILES string of the molecule is OB(O)c1ccc2ccc3c4c(ccc1c24)CCC=3. The topological polar surface area (TPSA) is 40.5 Å². The lowest BCUT2D eigenvalue weighted by Crippen LogP contribution is -2.30. The van der Waals surface area contributed by atoms with E-state index in [0.717, 1.165) is 29.0 Å². The molecule has 0 radical (unpaired) electrons. The maximum atomic E-state index is 9.52. The number of benzene rings is 3. The summed E-state index contributed by atoms with van der Waals surface area (Å²) in [4.78, 5) is 0. The Morgan fingerprint density at radius 3 is 2.58 bits per heavy atom. The van der Waals surface area contributed by atoms with Crippen LogP contribution < -0.4 is 10.7 Å². The average molecular weight is 248 g/mol. The van der Waals surface area contributed by atoms with Crippen LogP contribution in [0, 0.1) is 0 Å². The van der Waals surface area contributed by atoms with Crippen LogP contribution in [0.15, 0.2) is 36.4 Å². The van der Waals surface area contributed by atoms with E-state index in [1.54, 1.807) is 6.07 Å². The summed E-state index contributed by atoms with van der Waals surface area (Å²) in [7, 11) is -1.42. The Hall–Kier alpha value is -1.84. The summed E-state index contributed by atoms with van der Waals surface area (Å²) in [5.41, 5.74) is 1.95. The van der Waals surface area contributed by atoms with Crippen molar-refractivity contribution in [2.75, 3.05) is 0 Å². The van der Waals surface area contributed by atoms with E-state index >= 15 is 0 Å². The fourth-order valence-electron chi connectivity index (χ4n) is 3.26. The van der Waals surface area contributed by atoms with Gasteiger partial charge in [0.2, 0.25) is 0 Å². The molecule has 92 valence electrons. The highest BCUT2D eigenvalue weighted by atomic mass is 16.4. The Morgan fingerprint density at radius 1 is 0.895 bits per heavy atom. The Balaban J connectivity index is 2.31. The van der Waals surface area contributed by atoms with Crippen LogP contribution in [-0.2, 0) is 6.42 Å². The molecule has 0 heterocycles. The molecule has 19 heavy (non-hydrogen) atoms. The first-order chi connectivity index (χ1) is 9.25. The van der Waals surface area contributed by atoms with Crippen molar-refractivity contribution in [1.29, 1.82) is 0 Å². The predicted octanol–water partition coefficient (Wildman–Crippen LogP) is 1.12. The molecular formula is C16H13BO2. The molecule has 0 aliphatic heterocycles. The maximum absolute atomic E-state index is 9.52. The standard InChI is InChI=1S/C16H13BO2/c18-17(19)14-9-7-12-5-4-10-2-1-3-11-6-8-13(14)16(12)15(10)11/h2,4-9,18-19H,1,3H2. The highest BCUT2D eigenvalue weighted by molar-refractivity contribution is 6.62. The zero-order valence-electron chi connectivity index (χ0n) is 10.4. The van der Waals surface area contributed by atoms with Gasteiger partial charge >= 0.3 is 7.12 Å². The van der Waals surface area contributed by atoms with Crippen molar-refractivity contribution in [2.45, 2.75) is 12.8 Å². The first-order valence-electron chi connectivity index (χ1n) is 6.59. The van der Waals surface area contributed by atoms with Crippen molar-refractivity contribution >= 4 is 40.2 Å². The second kappa shape index (κ2) is 3.83. The van der Waals surface area contributed by atoms with Crippen molar-refractivity contribution in [3.63, 3.8) is 0 Å². The molecule has 0 atom stereocenters. The minimum Gasteiger partial charge on any atom is -0.423 e. The van der Waals surface area contributed by atoms with E-state index in [1.165, 1.54) is 16.2 Å². The zero-order chi connectivity index (χ0) is 13.0. The molecule has 0 amide bonds. The number of aryl methyl sites for hydroxylation is 1. The van der Waals surface area contributed by atoms with Crippen molar-refractivity contribution in [1.82, 2.24) is 0 Å². The van der Waals surface area contributed by atoms with Crippen LogP contribution in [0.25, 0.3) is 27.6 Å². The lowest BCUT2D eigenvalue weighted by Gasteiger charge is -2.16. The van der Waals surface area contributed by atoms with Gasteiger partial charge in [0.15, 0.2) is 0 Å². The molecular weight excluding hydrogens is 235 g/mol. The summed E-state index contributed by atoms with van der Waals surface area (Å²) in [5, 5.41) is 24.9. The molecule has 2 nitrogen and oxygen atoms in total. The number of hydrogen-bond acceptors (Lipinski definition) is 2. The Kier molecular flexibility index (Phi) is 2.22. The van der Waals surface area contributed by atoms with Crippen LogP contribution >= 0.6 is 0 Å². The highest BCUT2D eigenvalue weighted by Gasteiger charge is 2.18. The molecule has 0 unspecified atom stereocenters. The fraction of sp³-hybridized carbons (Fsp3) is 0.125. The van der Waals surface area contributed by atoms with Crippen LogP contribution in [0.2, 0.25) is 0 Å². The molecule has 1 aliphatic carbocycles. The van der Waals surface area contributed by atoms with E-state index in [9.17, 15) is 10.0 Å². The molecule has 2 N–H and O–H groups in total. The minimum atomic E-state index is -1.42. The smallest absolute Gasteiger partial charge is 0.423 e. The molecule has 0 saturated carbocycles. The predicted molar refractivity (Wildman–Crippen MR) is 79.3 cm³/mol. The van der Waals surface area contributed by atoms with Crippen molar-refractivity contribution in [3.05, 3.63) is 47.2 Å². The third kappa shape index (κ3) is 1.46. The second-order valence-electron chi connectivity index (χ2n) is 5.17. The molecule has 3 aromatic rings. The van der Waals surface area contributed by atoms with Gasteiger partial charge in [0, 0.05) is 0 Å². The Labute approximate surface area is 111 Å². The van der Waals surface area contributed by atoms with Gasteiger partial charge in [0.1, 0.15) is 0 Å². The van der Waals surface area contributed by atoms with Crippen molar-refractivity contribution < 1.29 is 10.0 Å². The third-order valence-corrected chi connectivity index (χ3v) is 4.12. The van der Waals surface area contributed by atoms with Crippen LogP contribution in [0.3, 0.4) is 0 Å². The maximum Gasteiger partial charge on any atom is 0.489 e. The lowest BCUT2D eigenvalue weighted by atomic mass is 9.75. The zero-order valence-corrected chi connectivity index (χ0v) is 10.4. The summed E-state index contributed by atoms with van der Waals surface area (Å²) in [6, 6.07) is 12.2. The van der Waals surface area contributed by atoms with E-state index < -0.39 is 7.12 Å². The first-order valence-corrected chi connectivity index (χ1v) is 6.59. The first kappa shape index (κ1) is 11.0. The fourth-order valence-corrected chi connectivity index (χ4v) is 3.26. The van der Waals surface area contributed by atoms with Gasteiger partial charge in [-0.05, 0) is 50.6 Å². The van der Waals surface area contributed by atoms with E-state index in [-0.39, 0.29) is 0 Å². The molecule has 0 saturated heterocycles. The Morgan fingerprint density at radius 2 is 1.74 bits per heavy atom. The molecule has 3 aromatic carbocycles. The summed E-state index contributed by atoms with van der Waals surface area (Å²) in [6.07, 6.45) is 4.41. The quantitative estimate of drug-likeness (QED) is 0.633. The highest BCUT2D eigenvalue weighted by Crippen LogP contribution is 2.28. The lowest BCUT2D eigenvalue weighted by molar-refractivity contribution is 0.426. The molecule has 0 fully saturated rings. The number of rotatable bonds is 1. The second-order valence-corrected chi connectivity index (χ2v) is 5.17. The Bertz CT molecular complexity index is 852. The van der Waals surface area contributed by atoms with Crippen LogP contribution in [0.1, 0.15) is 12.0 Å². The monoisotopic (exact) mass is 248 g/mol. The largest absolute Gasteiger partial charge is 0.489 e. The van der Waals surface area contributed by atoms with Gasteiger partial charge in [-0.15, -0.1) is 0 Å². The van der Waals surface area contributed by atoms with E-state index in [1.807, 2.05) is 12.1 Å². The van der Waals surface area contributed by atoms with Gasteiger partial charge < -0.3 is 10.0 Å². The minimum absolute atomic E-state index is 0.585. The average Bonchev–Trinajstić information content (AvgIpc) is 2.44.